The molecule has 0 bridgehead atoms. The average molecular weight is 280 g/mol. The molecule has 1 heterocycles. The van der Waals surface area contributed by atoms with Crippen molar-refractivity contribution in [3.05, 3.63) is 30.1 Å². The Bertz CT molecular complexity index is 533. The molecule has 1 fully saturated rings. The summed E-state index contributed by atoms with van der Waals surface area (Å²) in [6, 6.07) is 5.38. The van der Waals surface area contributed by atoms with Crippen LogP contribution in [0.15, 0.2) is 24.3 Å². The number of carbonyl (C=O) groups is 2. The number of amides is 2. The highest BCUT2D eigenvalue weighted by Crippen LogP contribution is 2.26. The van der Waals surface area contributed by atoms with Gasteiger partial charge in [-0.1, -0.05) is 12.1 Å². The lowest BCUT2D eigenvalue weighted by atomic mass is 10.2. The molecule has 1 saturated heterocycles. The summed E-state index contributed by atoms with van der Waals surface area (Å²) in [7, 11) is 1.47. The van der Waals surface area contributed by atoms with E-state index < -0.39 is 23.9 Å². The summed E-state index contributed by atoms with van der Waals surface area (Å²) in [4.78, 5) is 26.6. The number of nitrogens with zero attached hydrogens (tertiary/aromatic N) is 2. The van der Waals surface area contributed by atoms with Crippen LogP contribution in [0.4, 0.5) is 10.1 Å². The second kappa shape index (κ2) is 5.58. The van der Waals surface area contributed by atoms with Crippen LogP contribution in [0.2, 0.25) is 0 Å². The third-order valence-corrected chi connectivity index (χ3v) is 3.49. The third-order valence-electron chi connectivity index (χ3n) is 3.49. The SMILES string of the molecule is CC(O)C(=O)N(C)C1CCN(c2ccccc2F)C1=O. The smallest absolute Gasteiger partial charge is 0.251 e. The van der Waals surface area contributed by atoms with E-state index in [2.05, 4.69) is 0 Å². The minimum absolute atomic E-state index is 0.220. The predicted molar refractivity (Wildman–Crippen MR) is 71.6 cm³/mol. The summed E-state index contributed by atoms with van der Waals surface area (Å²) in [5.74, 6) is -1.31. The highest BCUT2D eigenvalue weighted by atomic mass is 19.1. The molecular formula is C14H17FN2O3. The van der Waals surface area contributed by atoms with Gasteiger partial charge in [-0.05, 0) is 25.5 Å². The van der Waals surface area contributed by atoms with Crippen LogP contribution >= 0.6 is 0 Å². The van der Waals surface area contributed by atoms with Crippen molar-refractivity contribution in [3.8, 4) is 0 Å². The van der Waals surface area contributed by atoms with Gasteiger partial charge in [0.25, 0.3) is 5.91 Å². The fraction of sp³-hybridized carbons (Fsp3) is 0.429. The first kappa shape index (κ1) is 14.5. The normalized spacial score (nSPS) is 20.1. The molecule has 0 radical (unpaired) electrons. The average Bonchev–Trinajstić information content (AvgIpc) is 2.79. The van der Waals surface area contributed by atoms with Gasteiger partial charge in [0.2, 0.25) is 5.91 Å². The van der Waals surface area contributed by atoms with Gasteiger partial charge in [-0.3, -0.25) is 9.59 Å². The van der Waals surface area contributed by atoms with E-state index in [9.17, 15) is 19.1 Å². The van der Waals surface area contributed by atoms with Gasteiger partial charge >= 0.3 is 0 Å². The van der Waals surface area contributed by atoms with E-state index in [0.717, 1.165) is 0 Å². The monoisotopic (exact) mass is 280 g/mol. The highest BCUT2D eigenvalue weighted by Gasteiger charge is 2.38. The quantitative estimate of drug-likeness (QED) is 0.889. The van der Waals surface area contributed by atoms with Crippen LogP contribution in [0, 0.1) is 5.82 Å². The van der Waals surface area contributed by atoms with E-state index in [1.165, 1.54) is 35.9 Å². The molecule has 2 atom stereocenters. The number of aliphatic hydroxyl groups excluding tert-OH is 1. The second-order valence-corrected chi connectivity index (χ2v) is 4.87. The van der Waals surface area contributed by atoms with Crippen LogP contribution in [0.3, 0.4) is 0 Å². The number of aliphatic hydroxyl groups is 1. The summed E-state index contributed by atoms with van der Waals surface area (Å²) in [6.45, 7) is 1.70. The van der Waals surface area contributed by atoms with Crippen LogP contribution < -0.4 is 4.90 Å². The number of anilines is 1. The number of hydrogen-bond donors (Lipinski definition) is 1. The number of carbonyl (C=O) groups excluding carboxylic acids is 2. The molecule has 1 aromatic rings. The van der Waals surface area contributed by atoms with Gasteiger partial charge in [0.15, 0.2) is 0 Å². The van der Waals surface area contributed by atoms with E-state index in [1.54, 1.807) is 12.1 Å². The van der Waals surface area contributed by atoms with Gasteiger partial charge < -0.3 is 14.9 Å². The Kier molecular flexibility index (Phi) is 4.04. The van der Waals surface area contributed by atoms with Crippen LogP contribution in [-0.4, -0.2) is 47.6 Å². The van der Waals surface area contributed by atoms with Crippen molar-refractivity contribution in [1.29, 1.82) is 0 Å². The van der Waals surface area contributed by atoms with Gasteiger partial charge in [0.05, 0.1) is 5.69 Å². The minimum Gasteiger partial charge on any atom is -0.384 e. The molecule has 0 spiro atoms. The zero-order chi connectivity index (χ0) is 14.9. The zero-order valence-electron chi connectivity index (χ0n) is 11.4. The number of para-hydroxylation sites is 1. The highest BCUT2D eigenvalue weighted by molar-refractivity contribution is 6.01. The lowest BCUT2D eigenvalue weighted by Gasteiger charge is -2.25. The Morgan fingerprint density at radius 3 is 2.75 bits per heavy atom. The molecular weight excluding hydrogens is 263 g/mol. The molecule has 20 heavy (non-hydrogen) atoms. The largest absolute Gasteiger partial charge is 0.384 e. The topological polar surface area (TPSA) is 60.9 Å². The first-order valence-electron chi connectivity index (χ1n) is 6.44. The number of benzene rings is 1. The fourth-order valence-corrected chi connectivity index (χ4v) is 2.38. The Balaban J connectivity index is 2.18. The molecule has 5 nitrogen and oxygen atoms in total. The van der Waals surface area contributed by atoms with Crippen molar-refractivity contribution in [1.82, 2.24) is 4.90 Å². The Labute approximate surface area is 116 Å². The van der Waals surface area contributed by atoms with Crippen molar-refractivity contribution in [2.75, 3.05) is 18.5 Å². The maximum Gasteiger partial charge on any atom is 0.251 e. The number of rotatable bonds is 3. The number of hydrogen-bond acceptors (Lipinski definition) is 3. The van der Waals surface area contributed by atoms with E-state index in [4.69, 9.17) is 0 Å². The minimum atomic E-state index is -1.16. The van der Waals surface area contributed by atoms with Crippen LogP contribution in [0.25, 0.3) is 0 Å². The molecule has 1 aliphatic heterocycles. The van der Waals surface area contributed by atoms with Gasteiger partial charge in [-0.2, -0.15) is 0 Å². The van der Waals surface area contributed by atoms with Crippen molar-refractivity contribution in [2.24, 2.45) is 0 Å². The van der Waals surface area contributed by atoms with E-state index in [1.807, 2.05) is 0 Å². The van der Waals surface area contributed by atoms with Crippen LogP contribution in [0.1, 0.15) is 13.3 Å². The van der Waals surface area contributed by atoms with Crippen LogP contribution in [-0.2, 0) is 9.59 Å². The first-order chi connectivity index (χ1) is 9.43. The summed E-state index contributed by atoms with van der Waals surface area (Å²) in [6.07, 6.45) is -0.738. The summed E-state index contributed by atoms with van der Waals surface area (Å²) in [5.41, 5.74) is 0.220. The van der Waals surface area contributed by atoms with Gasteiger partial charge in [-0.25, -0.2) is 4.39 Å². The van der Waals surface area contributed by atoms with Crippen molar-refractivity contribution in [2.45, 2.75) is 25.5 Å². The molecule has 1 aromatic carbocycles. The lowest BCUT2D eigenvalue weighted by Crippen LogP contribution is -2.46. The molecule has 0 aromatic heterocycles. The Hall–Kier alpha value is -1.95. The molecule has 1 N–H and O–H groups in total. The van der Waals surface area contributed by atoms with E-state index >= 15 is 0 Å². The standard InChI is InChI=1S/C14H17FN2O3/c1-9(18)13(19)16(2)12-7-8-17(14(12)20)11-6-4-3-5-10(11)15/h3-6,9,12,18H,7-8H2,1-2H3. The van der Waals surface area contributed by atoms with Crippen LogP contribution in [0.5, 0.6) is 0 Å². The van der Waals surface area contributed by atoms with E-state index in [-0.39, 0.29) is 11.6 Å². The van der Waals surface area contributed by atoms with Crippen molar-refractivity contribution < 1.29 is 19.1 Å². The molecule has 6 heteroatoms. The Morgan fingerprint density at radius 1 is 1.50 bits per heavy atom. The summed E-state index contributed by atoms with van der Waals surface area (Å²) >= 11 is 0. The number of halogens is 1. The molecule has 0 aliphatic carbocycles. The number of likely N-dealkylation sites (N-methyl/N-ethyl adjacent to an activating group) is 1. The van der Waals surface area contributed by atoms with Gasteiger partial charge in [0.1, 0.15) is 18.0 Å². The first-order valence-corrected chi connectivity index (χ1v) is 6.44. The zero-order valence-corrected chi connectivity index (χ0v) is 11.4. The lowest BCUT2D eigenvalue weighted by molar-refractivity contribution is -0.143. The molecule has 2 amide bonds. The van der Waals surface area contributed by atoms with Crippen molar-refractivity contribution >= 4 is 17.5 Å². The Morgan fingerprint density at radius 2 is 2.15 bits per heavy atom. The fourth-order valence-electron chi connectivity index (χ4n) is 2.38. The maximum absolute atomic E-state index is 13.7. The molecule has 108 valence electrons. The third kappa shape index (κ3) is 2.51. The van der Waals surface area contributed by atoms with Crippen molar-refractivity contribution in [3.63, 3.8) is 0 Å². The maximum atomic E-state index is 13.7. The molecule has 2 unspecified atom stereocenters. The predicted octanol–water partition coefficient (Wildman–Crippen LogP) is 0.770. The summed E-state index contributed by atoms with van der Waals surface area (Å²) in [5, 5.41) is 9.29. The molecule has 0 saturated carbocycles. The van der Waals surface area contributed by atoms with Gasteiger partial charge in [-0.15, -0.1) is 0 Å². The summed E-state index contributed by atoms with van der Waals surface area (Å²) < 4.78 is 13.7. The molecule has 1 aliphatic rings. The van der Waals surface area contributed by atoms with Gasteiger partial charge in [0, 0.05) is 13.6 Å². The molecule has 2 rings (SSSR count). The van der Waals surface area contributed by atoms with E-state index in [0.29, 0.717) is 13.0 Å². The second-order valence-electron chi connectivity index (χ2n) is 4.87.